The summed E-state index contributed by atoms with van der Waals surface area (Å²) in [6.07, 6.45) is 7.10. The molecule has 0 aromatic heterocycles. The SMILES string of the molecule is C#CC(CC)(CC)NC(=O)CN1CCNCC1(C)C. The van der Waals surface area contributed by atoms with E-state index < -0.39 is 5.54 Å². The molecule has 1 aliphatic heterocycles. The molecule has 0 unspecified atom stereocenters. The number of rotatable bonds is 5. The Labute approximate surface area is 117 Å². The van der Waals surface area contributed by atoms with Gasteiger partial charge in [-0.05, 0) is 26.7 Å². The molecule has 2 N–H and O–H groups in total. The number of nitrogens with one attached hydrogen (secondary N) is 2. The Morgan fingerprint density at radius 3 is 2.58 bits per heavy atom. The van der Waals surface area contributed by atoms with Crippen LogP contribution in [0.3, 0.4) is 0 Å². The van der Waals surface area contributed by atoms with Gasteiger partial charge in [0.05, 0.1) is 6.54 Å². The lowest BCUT2D eigenvalue weighted by Crippen LogP contribution is -2.61. The van der Waals surface area contributed by atoms with E-state index in [1.54, 1.807) is 0 Å². The van der Waals surface area contributed by atoms with Crippen LogP contribution in [0.5, 0.6) is 0 Å². The van der Waals surface area contributed by atoms with Crippen molar-refractivity contribution in [2.75, 3.05) is 26.2 Å². The lowest BCUT2D eigenvalue weighted by Gasteiger charge is -2.42. The van der Waals surface area contributed by atoms with Gasteiger partial charge in [-0.3, -0.25) is 9.69 Å². The lowest BCUT2D eigenvalue weighted by molar-refractivity contribution is -0.125. The summed E-state index contributed by atoms with van der Waals surface area (Å²) in [6, 6.07) is 0. The van der Waals surface area contributed by atoms with E-state index in [-0.39, 0.29) is 11.4 Å². The minimum atomic E-state index is -0.491. The predicted octanol–water partition coefficient (Wildman–Crippen LogP) is 0.978. The molecule has 0 aromatic rings. The molecule has 19 heavy (non-hydrogen) atoms. The Morgan fingerprint density at radius 1 is 1.47 bits per heavy atom. The molecular formula is C15H27N3O. The summed E-state index contributed by atoms with van der Waals surface area (Å²) in [5, 5.41) is 6.38. The van der Waals surface area contributed by atoms with Crippen molar-refractivity contribution in [1.29, 1.82) is 0 Å². The van der Waals surface area contributed by atoms with E-state index in [9.17, 15) is 4.79 Å². The molecule has 0 saturated carbocycles. The molecular weight excluding hydrogens is 238 g/mol. The number of amides is 1. The van der Waals surface area contributed by atoms with Gasteiger partial charge < -0.3 is 10.6 Å². The van der Waals surface area contributed by atoms with Crippen LogP contribution in [0.25, 0.3) is 0 Å². The lowest BCUT2D eigenvalue weighted by atomic mass is 9.93. The minimum Gasteiger partial charge on any atom is -0.339 e. The van der Waals surface area contributed by atoms with Gasteiger partial charge in [-0.1, -0.05) is 19.8 Å². The van der Waals surface area contributed by atoms with Gasteiger partial charge in [-0.2, -0.15) is 0 Å². The zero-order valence-electron chi connectivity index (χ0n) is 12.7. The molecule has 0 spiro atoms. The average molecular weight is 265 g/mol. The van der Waals surface area contributed by atoms with Crippen LogP contribution in [-0.4, -0.2) is 48.1 Å². The molecule has 0 radical (unpaired) electrons. The van der Waals surface area contributed by atoms with Crippen LogP contribution in [-0.2, 0) is 4.79 Å². The van der Waals surface area contributed by atoms with E-state index in [0.29, 0.717) is 6.54 Å². The smallest absolute Gasteiger partial charge is 0.235 e. The van der Waals surface area contributed by atoms with Gasteiger partial charge in [-0.15, -0.1) is 6.42 Å². The maximum atomic E-state index is 12.2. The summed E-state index contributed by atoms with van der Waals surface area (Å²) < 4.78 is 0. The molecule has 0 aliphatic carbocycles. The van der Waals surface area contributed by atoms with E-state index in [1.165, 1.54) is 0 Å². The zero-order valence-corrected chi connectivity index (χ0v) is 12.7. The first-order chi connectivity index (χ1) is 8.89. The number of piperazine rings is 1. The summed E-state index contributed by atoms with van der Waals surface area (Å²) >= 11 is 0. The fraction of sp³-hybridized carbons (Fsp3) is 0.800. The van der Waals surface area contributed by atoms with Crippen molar-refractivity contribution in [3.8, 4) is 12.3 Å². The molecule has 1 saturated heterocycles. The second kappa shape index (κ2) is 6.40. The number of terminal acetylenes is 1. The van der Waals surface area contributed by atoms with Crippen LogP contribution in [0.1, 0.15) is 40.5 Å². The molecule has 108 valence electrons. The third-order valence-electron chi connectivity index (χ3n) is 4.17. The zero-order chi connectivity index (χ0) is 14.5. The van der Waals surface area contributed by atoms with Gasteiger partial charge in [0.1, 0.15) is 5.54 Å². The second-order valence-electron chi connectivity index (χ2n) is 5.89. The molecule has 1 amide bonds. The Balaban J connectivity index is 2.62. The van der Waals surface area contributed by atoms with E-state index in [2.05, 4.69) is 35.3 Å². The van der Waals surface area contributed by atoms with E-state index in [4.69, 9.17) is 6.42 Å². The summed E-state index contributed by atoms with van der Waals surface area (Å²) in [6.45, 7) is 11.5. The molecule has 4 heteroatoms. The van der Waals surface area contributed by atoms with Gasteiger partial charge in [-0.25, -0.2) is 0 Å². The Bertz CT molecular complexity index is 353. The van der Waals surface area contributed by atoms with E-state index in [0.717, 1.165) is 32.5 Å². The maximum Gasteiger partial charge on any atom is 0.235 e. The molecule has 0 atom stereocenters. The number of hydrogen-bond donors (Lipinski definition) is 2. The van der Waals surface area contributed by atoms with Crippen molar-refractivity contribution in [2.45, 2.75) is 51.6 Å². The summed E-state index contributed by atoms with van der Waals surface area (Å²) in [5.74, 6) is 2.77. The minimum absolute atomic E-state index is 0.00677. The Hall–Kier alpha value is -1.05. The van der Waals surface area contributed by atoms with Gasteiger partial charge >= 0.3 is 0 Å². The van der Waals surface area contributed by atoms with Crippen molar-refractivity contribution in [2.24, 2.45) is 0 Å². The fourth-order valence-electron chi connectivity index (χ4n) is 2.46. The third-order valence-corrected chi connectivity index (χ3v) is 4.17. The first kappa shape index (κ1) is 16.0. The predicted molar refractivity (Wildman–Crippen MR) is 78.8 cm³/mol. The highest BCUT2D eigenvalue weighted by Gasteiger charge is 2.32. The van der Waals surface area contributed by atoms with Crippen molar-refractivity contribution in [1.82, 2.24) is 15.5 Å². The fourth-order valence-corrected chi connectivity index (χ4v) is 2.46. The molecule has 0 aromatic carbocycles. The third kappa shape index (κ3) is 3.95. The van der Waals surface area contributed by atoms with E-state index in [1.807, 2.05) is 13.8 Å². The Kier molecular flexibility index (Phi) is 5.39. The summed E-state index contributed by atoms with van der Waals surface area (Å²) in [7, 11) is 0. The second-order valence-corrected chi connectivity index (χ2v) is 5.89. The molecule has 4 nitrogen and oxygen atoms in total. The maximum absolute atomic E-state index is 12.2. The standard InChI is InChI=1S/C15H27N3O/c1-6-15(7-2,8-3)17-13(19)11-18-10-9-16-12-14(18,4)5/h1,16H,7-12H2,2-5H3,(H,17,19). The van der Waals surface area contributed by atoms with Crippen LogP contribution in [0, 0.1) is 12.3 Å². The first-order valence-corrected chi connectivity index (χ1v) is 7.13. The summed E-state index contributed by atoms with van der Waals surface area (Å²) in [4.78, 5) is 14.4. The van der Waals surface area contributed by atoms with Gasteiger partial charge in [0.25, 0.3) is 0 Å². The van der Waals surface area contributed by atoms with Crippen LogP contribution in [0.15, 0.2) is 0 Å². The number of carbonyl (C=O) groups is 1. The highest BCUT2D eigenvalue weighted by atomic mass is 16.2. The first-order valence-electron chi connectivity index (χ1n) is 7.13. The van der Waals surface area contributed by atoms with Crippen molar-refractivity contribution < 1.29 is 4.79 Å². The molecule has 1 heterocycles. The number of hydrogen-bond acceptors (Lipinski definition) is 3. The largest absolute Gasteiger partial charge is 0.339 e. The van der Waals surface area contributed by atoms with Gasteiger partial charge in [0, 0.05) is 25.2 Å². The molecule has 1 rings (SSSR count). The van der Waals surface area contributed by atoms with Crippen molar-refractivity contribution in [3.05, 3.63) is 0 Å². The monoisotopic (exact) mass is 265 g/mol. The van der Waals surface area contributed by atoms with Gasteiger partial charge in [0.15, 0.2) is 0 Å². The number of nitrogens with zero attached hydrogens (tertiary/aromatic N) is 1. The van der Waals surface area contributed by atoms with Crippen LogP contribution in [0.4, 0.5) is 0 Å². The van der Waals surface area contributed by atoms with Gasteiger partial charge in [0.2, 0.25) is 5.91 Å². The van der Waals surface area contributed by atoms with Crippen LogP contribution < -0.4 is 10.6 Å². The highest BCUT2D eigenvalue weighted by molar-refractivity contribution is 5.79. The quantitative estimate of drug-likeness (QED) is 0.728. The molecule has 1 aliphatic rings. The highest BCUT2D eigenvalue weighted by Crippen LogP contribution is 2.17. The topological polar surface area (TPSA) is 44.4 Å². The van der Waals surface area contributed by atoms with Crippen LogP contribution in [0.2, 0.25) is 0 Å². The molecule has 1 fully saturated rings. The van der Waals surface area contributed by atoms with Crippen molar-refractivity contribution >= 4 is 5.91 Å². The number of carbonyl (C=O) groups excluding carboxylic acids is 1. The Morgan fingerprint density at radius 2 is 2.11 bits per heavy atom. The van der Waals surface area contributed by atoms with Crippen LogP contribution >= 0.6 is 0 Å². The van der Waals surface area contributed by atoms with E-state index >= 15 is 0 Å². The average Bonchev–Trinajstić information content (AvgIpc) is 2.38. The summed E-state index contributed by atoms with van der Waals surface area (Å²) in [5.41, 5.74) is -0.484. The molecule has 0 bridgehead atoms. The van der Waals surface area contributed by atoms with Crippen molar-refractivity contribution in [3.63, 3.8) is 0 Å². The normalized spacial score (nSPS) is 19.7.